The minimum Gasteiger partial charge on any atom is -0.484 e. The van der Waals surface area contributed by atoms with Crippen LogP contribution in [0.4, 0.5) is 5.69 Å². The molecule has 0 atom stereocenters. The van der Waals surface area contributed by atoms with Gasteiger partial charge in [0.25, 0.3) is 15.9 Å². The van der Waals surface area contributed by atoms with Crippen LogP contribution in [0.1, 0.15) is 5.56 Å². The van der Waals surface area contributed by atoms with Gasteiger partial charge in [-0.1, -0.05) is 29.5 Å². The second kappa shape index (κ2) is 10.1. The molecular weight excluding hydrogens is 426 g/mol. The molecule has 0 aliphatic rings. The number of aryl methyl sites for hydroxylation is 1. The van der Waals surface area contributed by atoms with Crippen LogP contribution in [0.25, 0.3) is 0 Å². The van der Waals surface area contributed by atoms with Gasteiger partial charge in [-0.2, -0.15) is 5.10 Å². The van der Waals surface area contributed by atoms with Crippen LogP contribution < -0.4 is 14.8 Å². The Kier molecular flexibility index (Phi) is 7.31. The quantitative estimate of drug-likeness (QED) is 0.321. The molecule has 0 unspecified atom stereocenters. The molecule has 0 radical (unpaired) electrons. The van der Waals surface area contributed by atoms with Crippen molar-refractivity contribution in [2.45, 2.75) is 17.0 Å². The topological polar surface area (TPSA) is 126 Å². The van der Waals surface area contributed by atoms with E-state index in [0.717, 1.165) is 5.56 Å². The number of thioether (sulfide) groups is 1. The number of nitrogens with one attached hydrogen (secondary N) is 3. The van der Waals surface area contributed by atoms with E-state index in [9.17, 15) is 13.2 Å². The Morgan fingerprint density at radius 1 is 1.13 bits per heavy atom. The molecule has 0 saturated carbocycles. The summed E-state index contributed by atoms with van der Waals surface area (Å²) in [6, 6.07) is 12.9. The van der Waals surface area contributed by atoms with E-state index in [1.807, 2.05) is 19.1 Å². The number of ether oxygens (including phenoxy) is 1. The van der Waals surface area contributed by atoms with Gasteiger partial charge in [0.15, 0.2) is 11.8 Å². The average molecular weight is 448 g/mol. The first-order chi connectivity index (χ1) is 14.4. The van der Waals surface area contributed by atoms with E-state index in [1.165, 1.54) is 42.4 Å². The van der Waals surface area contributed by atoms with Crippen molar-refractivity contribution in [3.8, 4) is 5.75 Å². The highest BCUT2D eigenvalue weighted by Gasteiger charge is 2.14. The molecule has 9 nitrogen and oxygen atoms in total. The Morgan fingerprint density at radius 3 is 2.53 bits per heavy atom. The maximum atomic E-state index is 12.5. The molecule has 3 rings (SSSR count). The monoisotopic (exact) mass is 447 g/mol. The predicted molar refractivity (Wildman–Crippen MR) is 114 cm³/mol. The van der Waals surface area contributed by atoms with Crippen molar-refractivity contribution >= 4 is 33.4 Å². The van der Waals surface area contributed by atoms with Gasteiger partial charge < -0.3 is 10.1 Å². The molecule has 3 N–H and O–H groups in total. The average Bonchev–Trinajstić information content (AvgIpc) is 3.25. The molecule has 1 heterocycles. The zero-order chi connectivity index (χ0) is 21.4. The first kappa shape index (κ1) is 21.7. The standard InChI is InChI=1S/C19H21N5O4S2/c1-14-2-4-15(5-3-14)24-30(26,27)17-8-6-16(7-9-17)28-12-18(25)20-10-11-29-19-21-13-22-23-19/h2-9,13,24H,10-12H2,1H3,(H,20,25)(H,21,22,23). The van der Waals surface area contributed by atoms with Crippen LogP contribution in [-0.2, 0) is 14.8 Å². The number of aromatic nitrogens is 3. The predicted octanol–water partition coefficient (Wildman–Crippen LogP) is 2.20. The number of rotatable bonds is 10. The van der Waals surface area contributed by atoms with Gasteiger partial charge in [-0.3, -0.25) is 14.6 Å². The van der Waals surface area contributed by atoms with Crippen molar-refractivity contribution in [1.82, 2.24) is 20.5 Å². The third-order valence-corrected chi connectivity index (χ3v) is 6.14. The highest BCUT2D eigenvalue weighted by atomic mass is 32.2. The second-order valence-electron chi connectivity index (χ2n) is 6.22. The highest BCUT2D eigenvalue weighted by Crippen LogP contribution is 2.19. The van der Waals surface area contributed by atoms with Crippen LogP contribution >= 0.6 is 11.8 Å². The van der Waals surface area contributed by atoms with Crippen molar-refractivity contribution in [2.24, 2.45) is 0 Å². The highest BCUT2D eigenvalue weighted by molar-refractivity contribution is 7.99. The molecule has 0 bridgehead atoms. The van der Waals surface area contributed by atoms with Gasteiger partial charge in [-0.25, -0.2) is 13.4 Å². The Bertz CT molecular complexity index is 1050. The molecule has 1 aromatic heterocycles. The number of amides is 1. The van der Waals surface area contributed by atoms with Crippen molar-refractivity contribution in [2.75, 3.05) is 23.6 Å². The van der Waals surface area contributed by atoms with Crippen LogP contribution in [0.15, 0.2) is 64.9 Å². The molecule has 30 heavy (non-hydrogen) atoms. The van der Waals surface area contributed by atoms with Gasteiger partial charge in [0, 0.05) is 18.0 Å². The van der Waals surface area contributed by atoms with Gasteiger partial charge in [0.1, 0.15) is 12.1 Å². The lowest BCUT2D eigenvalue weighted by Gasteiger charge is -2.10. The molecule has 11 heteroatoms. The summed E-state index contributed by atoms with van der Waals surface area (Å²) in [5.74, 6) is 0.767. The second-order valence-corrected chi connectivity index (χ2v) is 8.99. The molecule has 1 amide bonds. The number of aromatic amines is 1. The Labute approximate surface area is 178 Å². The summed E-state index contributed by atoms with van der Waals surface area (Å²) in [7, 11) is -3.71. The summed E-state index contributed by atoms with van der Waals surface area (Å²) in [5.41, 5.74) is 1.52. The maximum absolute atomic E-state index is 12.5. The zero-order valence-electron chi connectivity index (χ0n) is 16.2. The van der Waals surface area contributed by atoms with E-state index in [4.69, 9.17) is 4.74 Å². The number of hydrogen-bond acceptors (Lipinski definition) is 7. The number of H-pyrrole nitrogens is 1. The minimum atomic E-state index is -3.71. The third-order valence-electron chi connectivity index (χ3n) is 3.86. The van der Waals surface area contributed by atoms with Crippen LogP contribution in [0.5, 0.6) is 5.75 Å². The van der Waals surface area contributed by atoms with Gasteiger partial charge in [-0.15, -0.1) is 0 Å². The SMILES string of the molecule is Cc1ccc(NS(=O)(=O)c2ccc(OCC(=O)NCCSc3ncn[nH]3)cc2)cc1. The van der Waals surface area contributed by atoms with Crippen LogP contribution in [0, 0.1) is 6.92 Å². The molecule has 0 aliphatic carbocycles. The minimum absolute atomic E-state index is 0.101. The molecule has 0 spiro atoms. The maximum Gasteiger partial charge on any atom is 0.261 e. The van der Waals surface area contributed by atoms with Crippen LogP contribution in [0.3, 0.4) is 0 Å². The fourth-order valence-electron chi connectivity index (χ4n) is 2.35. The number of anilines is 1. The van der Waals surface area contributed by atoms with Crippen LogP contribution in [0.2, 0.25) is 0 Å². The first-order valence-corrected chi connectivity index (χ1v) is 11.5. The van der Waals surface area contributed by atoms with Crippen molar-refractivity contribution in [1.29, 1.82) is 0 Å². The molecular formula is C19H21N5O4S2. The summed E-state index contributed by atoms with van der Waals surface area (Å²) < 4.78 is 32.9. The van der Waals surface area contributed by atoms with Crippen molar-refractivity contribution < 1.29 is 17.9 Å². The molecule has 158 valence electrons. The summed E-state index contributed by atoms with van der Waals surface area (Å²) in [6.45, 7) is 2.21. The van der Waals surface area contributed by atoms with Gasteiger partial charge in [0.2, 0.25) is 0 Å². The number of carbonyl (C=O) groups excluding carboxylic acids is 1. The molecule has 0 aliphatic heterocycles. The summed E-state index contributed by atoms with van der Waals surface area (Å²) >= 11 is 1.44. The number of nitrogens with zero attached hydrogens (tertiary/aromatic N) is 2. The van der Waals surface area contributed by atoms with Crippen molar-refractivity contribution in [3.63, 3.8) is 0 Å². The summed E-state index contributed by atoms with van der Waals surface area (Å²) in [4.78, 5) is 15.9. The lowest BCUT2D eigenvalue weighted by Crippen LogP contribution is -2.30. The van der Waals surface area contributed by atoms with E-state index in [0.29, 0.717) is 28.9 Å². The van der Waals surface area contributed by atoms with E-state index in [-0.39, 0.29) is 17.4 Å². The largest absolute Gasteiger partial charge is 0.484 e. The summed E-state index contributed by atoms with van der Waals surface area (Å²) in [5, 5.41) is 9.88. The number of benzene rings is 2. The lowest BCUT2D eigenvalue weighted by atomic mass is 10.2. The van der Waals surface area contributed by atoms with Crippen LogP contribution in [-0.4, -0.2) is 48.4 Å². The normalized spacial score (nSPS) is 11.1. The summed E-state index contributed by atoms with van der Waals surface area (Å²) in [6.07, 6.45) is 1.42. The van der Waals surface area contributed by atoms with Gasteiger partial charge in [-0.05, 0) is 43.3 Å². The van der Waals surface area contributed by atoms with Gasteiger partial charge in [0.05, 0.1) is 4.90 Å². The number of hydrogen-bond donors (Lipinski definition) is 3. The molecule has 0 saturated heterocycles. The first-order valence-electron chi connectivity index (χ1n) is 8.99. The molecule has 0 fully saturated rings. The number of sulfonamides is 1. The fraction of sp³-hybridized carbons (Fsp3) is 0.211. The lowest BCUT2D eigenvalue weighted by molar-refractivity contribution is -0.122. The van der Waals surface area contributed by atoms with Gasteiger partial charge >= 0.3 is 0 Å². The smallest absolute Gasteiger partial charge is 0.261 e. The van der Waals surface area contributed by atoms with E-state index in [1.54, 1.807) is 12.1 Å². The van der Waals surface area contributed by atoms with Crippen molar-refractivity contribution in [3.05, 3.63) is 60.4 Å². The Balaban J connectivity index is 1.44. The Hall–Kier alpha value is -3.05. The molecule has 2 aromatic carbocycles. The fourth-order valence-corrected chi connectivity index (χ4v) is 4.05. The molecule has 3 aromatic rings. The Morgan fingerprint density at radius 2 is 1.87 bits per heavy atom. The van der Waals surface area contributed by atoms with E-state index >= 15 is 0 Å². The number of carbonyl (C=O) groups is 1. The zero-order valence-corrected chi connectivity index (χ0v) is 17.8. The van der Waals surface area contributed by atoms with E-state index in [2.05, 4.69) is 25.2 Å². The van der Waals surface area contributed by atoms with E-state index < -0.39 is 10.0 Å². The third kappa shape index (κ3) is 6.49.